The van der Waals surface area contributed by atoms with Gasteiger partial charge in [0.25, 0.3) is 0 Å². The van der Waals surface area contributed by atoms with Crippen molar-refractivity contribution in [2.45, 2.75) is 348 Å². The van der Waals surface area contributed by atoms with Crippen molar-refractivity contribution in [2.24, 2.45) is 0 Å². The third-order valence-electron chi connectivity index (χ3n) is 15.1. The van der Waals surface area contributed by atoms with E-state index in [1.807, 2.05) is 33.3 Å². The molecule has 1 amide bonds. The van der Waals surface area contributed by atoms with E-state index in [0.717, 1.165) is 57.8 Å². The largest absolute Gasteiger partial charge is 0.472 e. The molecule has 450 valence electrons. The van der Waals surface area contributed by atoms with Crippen molar-refractivity contribution in [3.8, 4) is 0 Å². The Balaban J connectivity index is 4.92. The molecule has 9 nitrogen and oxygen atoms in total. The zero-order valence-electron chi connectivity index (χ0n) is 51.5. The van der Waals surface area contributed by atoms with Gasteiger partial charge in [0.2, 0.25) is 5.91 Å². The number of hydrogen-bond acceptors (Lipinski definition) is 6. The SMILES string of the molecule is CCCCCCCC/C=C/CCCCCCCCCCCCCCCCCCCC(=O)NC(COP(=O)(O)OCC[N+](C)(C)C)C(/C=C\CCCCCCCCCCCC)OC(=O)CCCCCCCCCCCCC. The number of likely N-dealkylation sites (N-methyl/N-ethyl adjacent to an activating group) is 1. The van der Waals surface area contributed by atoms with Gasteiger partial charge in [-0.2, -0.15) is 0 Å². The Morgan fingerprint density at radius 1 is 0.447 bits per heavy atom. The first-order valence-corrected chi connectivity index (χ1v) is 34.7. The highest BCUT2D eigenvalue weighted by molar-refractivity contribution is 7.47. The van der Waals surface area contributed by atoms with Crippen LogP contribution in [0.15, 0.2) is 24.3 Å². The molecule has 0 aliphatic rings. The van der Waals surface area contributed by atoms with E-state index in [9.17, 15) is 19.0 Å². The molecule has 0 aromatic carbocycles. The molecule has 2 N–H and O–H groups in total. The van der Waals surface area contributed by atoms with Gasteiger partial charge in [0.05, 0.1) is 33.8 Å². The third-order valence-corrected chi connectivity index (χ3v) is 16.1. The lowest BCUT2D eigenvalue weighted by molar-refractivity contribution is -0.870. The Hall–Kier alpha value is -1.51. The van der Waals surface area contributed by atoms with Gasteiger partial charge in [-0.15, -0.1) is 0 Å². The maximum atomic E-state index is 13.6. The topological polar surface area (TPSA) is 111 Å². The summed E-state index contributed by atoms with van der Waals surface area (Å²) in [6.07, 6.45) is 67.6. The summed E-state index contributed by atoms with van der Waals surface area (Å²) in [7, 11) is 1.51. The van der Waals surface area contributed by atoms with E-state index >= 15 is 0 Å². The highest BCUT2D eigenvalue weighted by atomic mass is 31.2. The van der Waals surface area contributed by atoms with Gasteiger partial charge in [0.1, 0.15) is 19.3 Å². The first kappa shape index (κ1) is 74.5. The number of ether oxygens (including phenoxy) is 1. The number of esters is 1. The summed E-state index contributed by atoms with van der Waals surface area (Å²) in [6.45, 7) is 7.04. The van der Waals surface area contributed by atoms with Crippen LogP contribution in [0.2, 0.25) is 0 Å². The highest BCUT2D eigenvalue weighted by Gasteiger charge is 2.30. The molecule has 0 radical (unpaired) electrons. The number of unbranched alkanes of at least 4 members (excludes halogenated alkanes) is 43. The number of allylic oxidation sites excluding steroid dienone is 3. The van der Waals surface area contributed by atoms with Crippen molar-refractivity contribution >= 4 is 19.7 Å². The van der Waals surface area contributed by atoms with Gasteiger partial charge in [-0.25, -0.2) is 4.57 Å². The summed E-state index contributed by atoms with van der Waals surface area (Å²) in [5.74, 6) is -0.488. The second kappa shape index (κ2) is 56.8. The molecule has 3 unspecified atom stereocenters. The van der Waals surface area contributed by atoms with Crippen LogP contribution in [0.1, 0.15) is 335 Å². The van der Waals surface area contributed by atoms with Crippen LogP contribution < -0.4 is 5.32 Å². The average Bonchev–Trinajstić information content (AvgIpc) is 3.38. The summed E-state index contributed by atoms with van der Waals surface area (Å²) in [5, 5.41) is 3.07. The summed E-state index contributed by atoms with van der Waals surface area (Å²) < 4.78 is 30.7. The summed E-state index contributed by atoms with van der Waals surface area (Å²) >= 11 is 0. The molecule has 0 rings (SSSR count). The zero-order chi connectivity index (χ0) is 55.7. The van der Waals surface area contributed by atoms with E-state index in [4.69, 9.17) is 13.8 Å². The number of nitrogens with one attached hydrogen (secondary N) is 1. The fourth-order valence-corrected chi connectivity index (χ4v) is 10.7. The van der Waals surface area contributed by atoms with Crippen LogP contribution in [0.25, 0.3) is 0 Å². The molecule has 0 heterocycles. The quantitative estimate of drug-likeness (QED) is 0.0205. The third kappa shape index (κ3) is 57.2. The molecule has 0 aliphatic heterocycles. The van der Waals surface area contributed by atoms with E-state index in [0.29, 0.717) is 23.9 Å². The fourth-order valence-electron chi connectivity index (χ4n) is 10.00. The Kier molecular flexibility index (Phi) is 55.6. The van der Waals surface area contributed by atoms with Gasteiger partial charge in [0.15, 0.2) is 0 Å². The summed E-state index contributed by atoms with van der Waals surface area (Å²) in [5.41, 5.74) is 0. The van der Waals surface area contributed by atoms with E-state index < -0.39 is 20.0 Å². The van der Waals surface area contributed by atoms with Crippen LogP contribution in [0.5, 0.6) is 0 Å². The molecule has 0 fully saturated rings. The lowest BCUT2D eigenvalue weighted by Crippen LogP contribution is -2.47. The number of nitrogens with zero attached hydrogens (tertiary/aromatic N) is 1. The Bertz CT molecular complexity index is 1350. The second-order valence-corrected chi connectivity index (χ2v) is 25.5. The standard InChI is InChI=1S/C66H129N2O7P/c1-7-10-13-16-19-22-25-27-28-29-30-31-32-33-34-35-36-37-38-39-40-41-44-46-49-52-55-58-65(69)67-63(62-74-76(71,72)73-61-60-68(4,5)6)64(57-54-51-48-45-43-26-23-20-17-14-11-8-2)75-66(70)59-56-53-50-47-42-24-21-18-15-12-9-3/h27-28,54,57,63-64H,7-26,29-53,55-56,58-62H2,1-6H3,(H-,67,69,71,72)/p+1/b28-27+,57-54-. The number of phosphoric ester groups is 1. The maximum Gasteiger partial charge on any atom is 0.472 e. The minimum atomic E-state index is -4.44. The Morgan fingerprint density at radius 2 is 0.763 bits per heavy atom. The Morgan fingerprint density at radius 3 is 1.12 bits per heavy atom. The van der Waals surface area contributed by atoms with Crippen LogP contribution in [0.3, 0.4) is 0 Å². The Labute approximate surface area is 473 Å². The van der Waals surface area contributed by atoms with Gasteiger partial charge in [0, 0.05) is 12.8 Å². The number of amides is 1. The van der Waals surface area contributed by atoms with Crippen molar-refractivity contribution < 1.29 is 37.3 Å². The van der Waals surface area contributed by atoms with Crippen molar-refractivity contribution in [1.82, 2.24) is 5.32 Å². The van der Waals surface area contributed by atoms with Crippen LogP contribution in [0, 0.1) is 0 Å². The molecular weight excluding hydrogens is 964 g/mol. The van der Waals surface area contributed by atoms with Gasteiger partial charge in [-0.1, -0.05) is 289 Å². The lowest BCUT2D eigenvalue weighted by Gasteiger charge is -2.27. The van der Waals surface area contributed by atoms with E-state index in [2.05, 4.69) is 38.2 Å². The van der Waals surface area contributed by atoms with E-state index in [1.54, 1.807) is 0 Å². The van der Waals surface area contributed by atoms with E-state index in [-0.39, 0.29) is 25.1 Å². The van der Waals surface area contributed by atoms with Crippen molar-refractivity contribution in [3.63, 3.8) is 0 Å². The van der Waals surface area contributed by atoms with Crippen molar-refractivity contribution in [3.05, 3.63) is 24.3 Å². The normalized spacial score (nSPS) is 13.7. The van der Waals surface area contributed by atoms with Gasteiger partial charge < -0.3 is 19.4 Å². The van der Waals surface area contributed by atoms with Gasteiger partial charge in [-0.05, 0) is 57.4 Å². The highest BCUT2D eigenvalue weighted by Crippen LogP contribution is 2.43. The number of rotatable bonds is 61. The van der Waals surface area contributed by atoms with Gasteiger partial charge in [-0.3, -0.25) is 18.6 Å². The molecule has 0 spiro atoms. The number of quaternary nitrogens is 1. The molecule has 76 heavy (non-hydrogen) atoms. The molecule has 0 aliphatic carbocycles. The molecule has 0 bridgehead atoms. The average molecular weight is 1090 g/mol. The first-order chi connectivity index (χ1) is 36.9. The minimum Gasteiger partial charge on any atom is -0.456 e. The van der Waals surface area contributed by atoms with Crippen LogP contribution in [0.4, 0.5) is 0 Å². The lowest BCUT2D eigenvalue weighted by atomic mass is 10.0. The van der Waals surface area contributed by atoms with E-state index in [1.165, 1.54) is 244 Å². The molecular formula is C66H130N2O7P+. The van der Waals surface area contributed by atoms with Crippen molar-refractivity contribution in [1.29, 1.82) is 0 Å². The van der Waals surface area contributed by atoms with Crippen LogP contribution in [-0.4, -0.2) is 74.3 Å². The molecule has 10 heteroatoms. The fraction of sp³-hybridized carbons (Fsp3) is 0.909. The number of carbonyl (C=O) groups is 2. The predicted molar refractivity (Wildman–Crippen MR) is 328 cm³/mol. The van der Waals surface area contributed by atoms with Crippen LogP contribution >= 0.6 is 7.82 Å². The molecule has 0 saturated carbocycles. The number of hydrogen-bond donors (Lipinski definition) is 2. The number of phosphoric acid groups is 1. The zero-order valence-corrected chi connectivity index (χ0v) is 52.4. The van der Waals surface area contributed by atoms with Crippen LogP contribution in [-0.2, 0) is 27.9 Å². The predicted octanol–water partition coefficient (Wildman–Crippen LogP) is 20.5. The summed E-state index contributed by atoms with van der Waals surface area (Å²) in [4.78, 5) is 37.7. The molecule has 3 atom stereocenters. The minimum absolute atomic E-state index is 0.0445. The van der Waals surface area contributed by atoms with Gasteiger partial charge >= 0.3 is 13.8 Å². The first-order valence-electron chi connectivity index (χ1n) is 33.2. The van der Waals surface area contributed by atoms with Crippen molar-refractivity contribution in [2.75, 3.05) is 40.9 Å². The molecule has 0 aromatic rings. The molecule has 0 saturated heterocycles. The number of carbonyl (C=O) groups excluding carboxylic acids is 2. The molecule has 0 aromatic heterocycles. The second-order valence-electron chi connectivity index (χ2n) is 24.0. The summed E-state index contributed by atoms with van der Waals surface area (Å²) in [6, 6.07) is -0.841. The monoisotopic (exact) mass is 1090 g/mol. The maximum absolute atomic E-state index is 13.6. The smallest absolute Gasteiger partial charge is 0.456 e.